The van der Waals surface area contributed by atoms with E-state index < -0.39 is 16.7 Å². The molecule has 0 bridgehead atoms. The van der Waals surface area contributed by atoms with Gasteiger partial charge >= 0.3 is 0 Å². The van der Waals surface area contributed by atoms with E-state index in [4.69, 9.17) is 14.2 Å². The van der Waals surface area contributed by atoms with Crippen molar-refractivity contribution in [1.29, 1.82) is 0 Å². The van der Waals surface area contributed by atoms with E-state index in [0.29, 0.717) is 31.2 Å². The summed E-state index contributed by atoms with van der Waals surface area (Å²) in [4.78, 5) is 0. The molecule has 0 aliphatic carbocycles. The van der Waals surface area contributed by atoms with Gasteiger partial charge in [-0.2, -0.15) is 0 Å². The summed E-state index contributed by atoms with van der Waals surface area (Å²) in [6.45, 7) is 4.41. The summed E-state index contributed by atoms with van der Waals surface area (Å²) in [6, 6.07) is 58.0. The molecule has 0 heterocycles. The third kappa shape index (κ3) is 9.01. The number of para-hydroxylation sites is 1. The van der Waals surface area contributed by atoms with Gasteiger partial charge in [0.05, 0.1) is 21.3 Å². The van der Waals surface area contributed by atoms with E-state index in [2.05, 4.69) is 98.8 Å². The molecule has 4 atom stereocenters. The minimum atomic E-state index is -0.887. The molecule has 7 aromatic rings. The van der Waals surface area contributed by atoms with Crippen LogP contribution in [0.1, 0.15) is 63.3 Å². The van der Waals surface area contributed by atoms with Crippen molar-refractivity contribution in [2.45, 2.75) is 56.8 Å². The van der Waals surface area contributed by atoms with Crippen molar-refractivity contribution in [2.24, 2.45) is 5.41 Å². The van der Waals surface area contributed by atoms with Crippen LogP contribution in [0, 0.1) is 24.0 Å². The summed E-state index contributed by atoms with van der Waals surface area (Å²) in [5, 5.41) is 0. The molecule has 0 radical (unpaired) electrons. The highest BCUT2D eigenvalue weighted by Crippen LogP contribution is 2.61. The van der Waals surface area contributed by atoms with Crippen LogP contribution in [-0.4, -0.2) is 21.3 Å². The van der Waals surface area contributed by atoms with Gasteiger partial charge in [-0.1, -0.05) is 140 Å². The fraction of sp³-hybridized carbons (Fsp3) is 0.236. The average Bonchev–Trinajstić information content (AvgIpc) is 3.28. The van der Waals surface area contributed by atoms with Gasteiger partial charge in [0.15, 0.2) is 0 Å². The summed E-state index contributed by atoms with van der Waals surface area (Å²) >= 11 is 0. The van der Waals surface area contributed by atoms with Crippen LogP contribution in [0.2, 0.25) is 0 Å². The van der Waals surface area contributed by atoms with Crippen molar-refractivity contribution in [3.63, 3.8) is 0 Å². The van der Waals surface area contributed by atoms with E-state index in [-0.39, 0.29) is 17.6 Å². The van der Waals surface area contributed by atoms with Crippen molar-refractivity contribution >= 4 is 0 Å². The molecule has 0 fully saturated rings. The lowest BCUT2D eigenvalue weighted by Gasteiger charge is -2.56. The Morgan fingerprint density at radius 2 is 1.18 bits per heavy atom. The fourth-order valence-corrected chi connectivity index (χ4v) is 9.66. The van der Waals surface area contributed by atoms with E-state index >= 15 is 8.78 Å². The molecule has 60 heavy (non-hydrogen) atoms. The van der Waals surface area contributed by atoms with Gasteiger partial charge in [0.2, 0.25) is 0 Å². The Bertz CT molecular complexity index is 2460. The molecule has 0 amide bonds. The quantitative estimate of drug-likeness (QED) is 0.0918. The Labute approximate surface area is 354 Å². The first kappa shape index (κ1) is 41.9. The first-order valence-electron chi connectivity index (χ1n) is 20.6. The molecule has 306 valence electrons. The Balaban J connectivity index is 1.63. The number of benzene rings is 7. The number of aryl methyl sites for hydroxylation is 1. The molecule has 5 heteroatoms. The minimum Gasteiger partial charge on any atom is -0.497 e. The maximum absolute atomic E-state index is 17.3. The van der Waals surface area contributed by atoms with Crippen LogP contribution in [0.4, 0.5) is 8.78 Å². The summed E-state index contributed by atoms with van der Waals surface area (Å²) in [7, 11) is 5.08. The molecule has 0 spiro atoms. The molecule has 7 rings (SSSR count). The van der Waals surface area contributed by atoms with Gasteiger partial charge in [0.1, 0.15) is 28.9 Å². The topological polar surface area (TPSA) is 27.7 Å². The maximum atomic E-state index is 17.3. The summed E-state index contributed by atoms with van der Waals surface area (Å²) in [5.74, 6) is 0.748. The minimum absolute atomic E-state index is 0.299. The van der Waals surface area contributed by atoms with Crippen LogP contribution >= 0.6 is 0 Å². The fourth-order valence-electron chi connectivity index (χ4n) is 9.66. The first-order valence-corrected chi connectivity index (χ1v) is 20.6. The van der Waals surface area contributed by atoms with E-state index in [1.807, 2.05) is 60.7 Å². The maximum Gasteiger partial charge on any atom is 0.126 e. The number of halogens is 2. The highest BCUT2D eigenvalue weighted by Gasteiger charge is 2.56. The van der Waals surface area contributed by atoms with Gasteiger partial charge in [-0.05, 0) is 131 Å². The number of hydrogen-bond donors (Lipinski definition) is 0. The predicted molar refractivity (Wildman–Crippen MR) is 239 cm³/mol. The standard InChI is InChI=1S/C55H54F2O3/c1-39-25-27-40(28-26-39)34-50(43-17-14-20-46(56)35-43)53(49-22-10-11-23-51(49)57)54(2,45-18-7-6-8-19-45)55(36-41-29-31-47(58-3)32-30-41,37-42-15-13-21-48(33-42)59-4)38-44-16-9-12-24-52(44)60-5/h6-33,35,50,53H,34,36-38H2,1-5H3. The summed E-state index contributed by atoms with van der Waals surface area (Å²) in [6.07, 6.45) is 2.25. The lowest BCUT2D eigenvalue weighted by Crippen LogP contribution is -2.53. The molecule has 0 aromatic heterocycles. The van der Waals surface area contributed by atoms with Crippen molar-refractivity contribution in [3.05, 3.63) is 232 Å². The Morgan fingerprint density at radius 3 is 1.88 bits per heavy atom. The molecular formula is C55H54F2O3. The molecule has 0 aliphatic heterocycles. The largest absolute Gasteiger partial charge is 0.497 e. The van der Waals surface area contributed by atoms with Gasteiger partial charge in [0.25, 0.3) is 0 Å². The summed E-state index contributed by atoms with van der Waals surface area (Å²) in [5.41, 5.74) is 6.27. The number of hydrogen-bond acceptors (Lipinski definition) is 3. The second-order valence-corrected chi connectivity index (χ2v) is 16.2. The third-order valence-corrected chi connectivity index (χ3v) is 12.7. The lowest BCUT2D eigenvalue weighted by atomic mass is 9.46. The van der Waals surface area contributed by atoms with Crippen molar-refractivity contribution < 1.29 is 23.0 Å². The number of ether oxygens (including phenoxy) is 3. The first-order chi connectivity index (χ1) is 29.2. The zero-order valence-corrected chi connectivity index (χ0v) is 35.2. The van der Waals surface area contributed by atoms with E-state index in [9.17, 15) is 0 Å². The highest BCUT2D eigenvalue weighted by atomic mass is 19.1. The van der Waals surface area contributed by atoms with Crippen molar-refractivity contribution in [2.75, 3.05) is 21.3 Å². The van der Waals surface area contributed by atoms with Gasteiger partial charge in [-0.15, -0.1) is 0 Å². The number of rotatable bonds is 17. The van der Waals surface area contributed by atoms with Gasteiger partial charge in [0, 0.05) is 11.3 Å². The molecule has 4 unspecified atom stereocenters. The van der Waals surface area contributed by atoms with Crippen LogP contribution < -0.4 is 14.2 Å². The zero-order chi connectivity index (χ0) is 42.1. The van der Waals surface area contributed by atoms with Crippen LogP contribution in [0.25, 0.3) is 0 Å². The molecule has 3 nitrogen and oxygen atoms in total. The molecule has 0 saturated heterocycles. The van der Waals surface area contributed by atoms with Crippen LogP contribution in [0.3, 0.4) is 0 Å². The molecule has 0 aliphatic rings. The Kier molecular flexibility index (Phi) is 13.1. The predicted octanol–water partition coefficient (Wildman–Crippen LogP) is 13.1. The van der Waals surface area contributed by atoms with Crippen molar-refractivity contribution in [3.8, 4) is 17.2 Å². The monoisotopic (exact) mass is 800 g/mol. The summed E-state index contributed by atoms with van der Waals surface area (Å²) < 4.78 is 50.6. The van der Waals surface area contributed by atoms with E-state index in [0.717, 1.165) is 56.2 Å². The van der Waals surface area contributed by atoms with Crippen molar-refractivity contribution in [1.82, 2.24) is 0 Å². The molecule has 0 N–H and O–H groups in total. The van der Waals surface area contributed by atoms with Crippen LogP contribution in [-0.2, 0) is 31.1 Å². The average molecular weight is 801 g/mol. The smallest absolute Gasteiger partial charge is 0.126 e. The van der Waals surface area contributed by atoms with Crippen LogP contribution in [0.15, 0.2) is 176 Å². The Morgan fingerprint density at radius 1 is 0.533 bits per heavy atom. The number of methoxy groups -OCH3 is 3. The van der Waals surface area contributed by atoms with Crippen LogP contribution in [0.5, 0.6) is 17.2 Å². The Hall–Kier alpha value is -6.20. The van der Waals surface area contributed by atoms with Gasteiger partial charge < -0.3 is 14.2 Å². The SMILES string of the molecule is COc1ccc(CC(Cc2cccc(OC)c2)(Cc2ccccc2OC)C(C)(c2ccccc2)C(c2ccccc2F)C(Cc2ccc(C)cc2)c2cccc(F)c2)cc1. The lowest BCUT2D eigenvalue weighted by molar-refractivity contribution is 0.0818. The second-order valence-electron chi connectivity index (χ2n) is 16.2. The van der Waals surface area contributed by atoms with E-state index in [1.54, 1.807) is 45.6 Å². The molecule has 7 aromatic carbocycles. The molecule has 0 saturated carbocycles. The van der Waals surface area contributed by atoms with E-state index in [1.165, 1.54) is 6.07 Å². The van der Waals surface area contributed by atoms with Gasteiger partial charge in [-0.3, -0.25) is 0 Å². The zero-order valence-electron chi connectivity index (χ0n) is 35.2. The third-order valence-electron chi connectivity index (χ3n) is 12.7. The van der Waals surface area contributed by atoms with Gasteiger partial charge in [-0.25, -0.2) is 8.78 Å². The normalized spacial score (nSPS) is 14.3. The molecular weight excluding hydrogens is 747 g/mol. The highest BCUT2D eigenvalue weighted by molar-refractivity contribution is 5.47. The second kappa shape index (κ2) is 18.8.